The van der Waals surface area contributed by atoms with Crippen LogP contribution >= 0.6 is 0 Å². The number of likely N-dealkylation sites (tertiary alicyclic amines) is 1. The van der Waals surface area contributed by atoms with E-state index in [1.165, 1.54) is 0 Å². The Kier molecular flexibility index (Phi) is 3.69. The second-order valence-corrected chi connectivity index (χ2v) is 7.20. The SMILES string of the molecule is O=C(C1CC1)N1CCC(c2nnc(-c3nccc4ccccc34)o2)CC1. The highest BCUT2D eigenvalue weighted by Crippen LogP contribution is 2.35. The van der Waals surface area contributed by atoms with Crippen LogP contribution in [0.25, 0.3) is 22.4 Å². The number of fused-ring (bicyclic) bond motifs is 1. The zero-order valence-electron chi connectivity index (χ0n) is 14.5. The topological polar surface area (TPSA) is 72.1 Å². The lowest BCUT2D eigenvalue weighted by atomic mass is 9.96. The van der Waals surface area contributed by atoms with Gasteiger partial charge in [-0.2, -0.15) is 0 Å². The van der Waals surface area contributed by atoms with Gasteiger partial charge in [-0.05, 0) is 37.1 Å². The Bertz CT molecular complexity index is 950. The van der Waals surface area contributed by atoms with Crippen molar-refractivity contribution in [2.24, 2.45) is 5.92 Å². The summed E-state index contributed by atoms with van der Waals surface area (Å²) in [6.45, 7) is 1.56. The third-order valence-corrected chi connectivity index (χ3v) is 5.40. The first kappa shape index (κ1) is 15.5. The Morgan fingerprint density at radius 1 is 1.04 bits per heavy atom. The number of amides is 1. The molecule has 26 heavy (non-hydrogen) atoms. The Morgan fingerprint density at radius 3 is 2.65 bits per heavy atom. The summed E-state index contributed by atoms with van der Waals surface area (Å²) in [5.74, 6) is 1.96. The molecule has 1 aliphatic carbocycles. The number of hydrogen-bond acceptors (Lipinski definition) is 5. The lowest BCUT2D eigenvalue weighted by Crippen LogP contribution is -2.38. The maximum atomic E-state index is 12.2. The van der Waals surface area contributed by atoms with Crippen molar-refractivity contribution in [1.82, 2.24) is 20.1 Å². The van der Waals surface area contributed by atoms with Gasteiger partial charge in [-0.1, -0.05) is 24.3 Å². The highest BCUT2D eigenvalue weighted by molar-refractivity contribution is 5.92. The summed E-state index contributed by atoms with van der Waals surface area (Å²) in [5.41, 5.74) is 0.725. The number of hydrogen-bond donors (Lipinski definition) is 0. The van der Waals surface area contributed by atoms with Gasteiger partial charge in [0.15, 0.2) is 0 Å². The molecule has 2 aromatic heterocycles. The minimum Gasteiger partial charge on any atom is -0.419 e. The number of carbonyl (C=O) groups excluding carboxylic acids is 1. The molecule has 0 N–H and O–H groups in total. The Labute approximate surface area is 151 Å². The third kappa shape index (κ3) is 2.75. The van der Waals surface area contributed by atoms with Crippen molar-refractivity contribution in [3.8, 4) is 11.6 Å². The van der Waals surface area contributed by atoms with Crippen LogP contribution in [0.1, 0.15) is 37.5 Å². The van der Waals surface area contributed by atoms with Crippen molar-refractivity contribution in [2.45, 2.75) is 31.6 Å². The van der Waals surface area contributed by atoms with Crippen molar-refractivity contribution in [3.05, 3.63) is 42.4 Å². The number of carbonyl (C=O) groups is 1. The summed E-state index contributed by atoms with van der Waals surface area (Å²) in [6, 6.07) is 10.0. The van der Waals surface area contributed by atoms with Gasteiger partial charge >= 0.3 is 0 Å². The molecule has 132 valence electrons. The van der Waals surface area contributed by atoms with Crippen LogP contribution < -0.4 is 0 Å². The number of nitrogens with zero attached hydrogens (tertiary/aromatic N) is 4. The van der Waals surface area contributed by atoms with E-state index in [4.69, 9.17) is 4.42 Å². The number of rotatable bonds is 3. The molecule has 0 spiro atoms. The summed E-state index contributed by atoms with van der Waals surface area (Å²) in [4.78, 5) is 18.6. The predicted octanol–water partition coefficient (Wildman–Crippen LogP) is 3.40. The Balaban J connectivity index is 1.35. The van der Waals surface area contributed by atoms with Crippen LogP contribution in [0.15, 0.2) is 40.9 Å². The molecule has 6 heteroatoms. The molecule has 2 fully saturated rings. The van der Waals surface area contributed by atoms with Gasteiger partial charge in [-0.25, -0.2) is 0 Å². The summed E-state index contributed by atoms with van der Waals surface area (Å²) in [7, 11) is 0. The average Bonchev–Trinajstić information content (AvgIpc) is 3.44. The Morgan fingerprint density at radius 2 is 1.85 bits per heavy atom. The standard InChI is InChI=1S/C20H20N4O2/c25-20(15-5-6-15)24-11-8-14(9-12-24)18-22-23-19(26-18)17-16-4-2-1-3-13(16)7-10-21-17/h1-4,7,10,14-15H,5-6,8-9,11-12H2. The van der Waals surface area contributed by atoms with Gasteiger partial charge in [0.2, 0.25) is 11.8 Å². The monoisotopic (exact) mass is 348 g/mol. The van der Waals surface area contributed by atoms with E-state index in [2.05, 4.69) is 15.2 Å². The lowest BCUT2D eigenvalue weighted by Gasteiger charge is -2.30. The summed E-state index contributed by atoms with van der Waals surface area (Å²) >= 11 is 0. The first-order valence-electron chi connectivity index (χ1n) is 9.26. The summed E-state index contributed by atoms with van der Waals surface area (Å²) < 4.78 is 5.98. The molecular formula is C20H20N4O2. The van der Waals surface area contributed by atoms with Gasteiger partial charge in [0, 0.05) is 36.5 Å². The molecule has 0 unspecified atom stereocenters. The van der Waals surface area contributed by atoms with Crippen LogP contribution in [0.4, 0.5) is 0 Å². The number of piperidine rings is 1. The number of aromatic nitrogens is 3. The lowest BCUT2D eigenvalue weighted by molar-refractivity contribution is -0.133. The maximum Gasteiger partial charge on any atom is 0.266 e. The van der Waals surface area contributed by atoms with E-state index in [0.29, 0.717) is 23.6 Å². The van der Waals surface area contributed by atoms with Crippen molar-refractivity contribution < 1.29 is 9.21 Å². The van der Waals surface area contributed by atoms with Crippen LogP contribution in [-0.4, -0.2) is 39.1 Å². The largest absolute Gasteiger partial charge is 0.419 e. The van der Waals surface area contributed by atoms with E-state index in [0.717, 1.165) is 55.2 Å². The molecular weight excluding hydrogens is 328 g/mol. The van der Waals surface area contributed by atoms with Crippen LogP contribution in [0.3, 0.4) is 0 Å². The molecule has 1 amide bonds. The van der Waals surface area contributed by atoms with Gasteiger partial charge < -0.3 is 9.32 Å². The average molecular weight is 348 g/mol. The van der Waals surface area contributed by atoms with Crippen molar-refractivity contribution >= 4 is 16.7 Å². The fourth-order valence-electron chi connectivity index (χ4n) is 3.72. The molecule has 1 aliphatic heterocycles. The summed E-state index contributed by atoms with van der Waals surface area (Å²) in [5, 5.41) is 10.6. The molecule has 1 saturated carbocycles. The quantitative estimate of drug-likeness (QED) is 0.725. The molecule has 1 aromatic carbocycles. The molecule has 1 saturated heterocycles. The molecule has 3 aromatic rings. The molecule has 0 bridgehead atoms. The molecule has 2 aliphatic rings. The van der Waals surface area contributed by atoms with Crippen LogP contribution in [0.2, 0.25) is 0 Å². The van der Waals surface area contributed by atoms with E-state index in [-0.39, 0.29) is 5.92 Å². The van der Waals surface area contributed by atoms with Gasteiger partial charge in [0.1, 0.15) is 5.69 Å². The van der Waals surface area contributed by atoms with E-state index < -0.39 is 0 Å². The normalized spacial score (nSPS) is 18.4. The zero-order valence-corrected chi connectivity index (χ0v) is 14.5. The highest BCUT2D eigenvalue weighted by atomic mass is 16.4. The predicted molar refractivity (Wildman–Crippen MR) is 96.3 cm³/mol. The molecule has 0 radical (unpaired) electrons. The second kappa shape index (κ2) is 6.20. The number of benzene rings is 1. The summed E-state index contributed by atoms with van der Waals surface area (Å²) in [6.07, 6.45) is 5.64. The van der Waals surface area contributed by atoms with Crippen molar-refractivity contribution in [2.75, 3.05) is 13.1 Å². The fourth-order valence-corrected chi connectivity index (χ4v) is 3.72. The van der Waals surface area contributed by atoms with Crippen LogP contribution in [0.5, 0.6) is 0 Å². The maximum absolute atomic E-state index is 12.2. The first-order valence-corrected chi connectivity index (χ1v) is 9.26. The molecule has 0 atom stereocenters. The fraction of sp³-hybridized carbons (Fsp3) is 0.400. The van der Waals surface area contributed by atoms with Gasteiger partial charge in [-0.3, -0.25) is 9.78 Å². The second-order valence-electron chi connectivity index (χ2n) is 7.20. The van der Waals surface area contributed by atoms with Gasteiger partial charge in [0.05, 0.1) is 0 Å². The van der Waals surface area contributed by atoms with Crippen LogP contribution in [0, 0.1) is 5.92 Å². The van der Waals surface area contributed by atoms with Gasteiger partial charge in [0.25, 0.3) is 5.89 Å². The van der Waals surface area contributed by atoms with E-state index in [9.17, 15) is 4.79 Å². The van der Waals surface area contributed by atoms with E-state index >= 15 is 0 Å². The minimum absolute atomic E-state index is 0.217. The van der Waals surface area contributed by atoms with Crippen LogP contribution in [-0.2, 0) is 4.79 Å². The van der Waals surface area contributed by atoms with Gasteiger partial charge in [-0.15, -0.1) is 10.2 Å². The minimum atomic E-state index is 0.217. The molecule has 5 rings (SSSR count). The smallest absolute Gasteiger partial charge is 0.266 e. The highest BCUT2D eigenvalue weighted by Gasteiger charge is 2.36. The third-order valence-electron chi connectivity index (χ3n) is 5.40. The Hall–Kier alpha value is -2.76. The molecule has 3 heterocycles. The zero-order chi connectivity index (χ0) is 17.5. The van der Waals surface area contributed by atoms with E-state index in [1.807, 2.05) is 35.2 Å². The molecule has 6 nitrogen and oxygen atoms in total. The number of pyridine rings is 1. The van der Waals surface area contributed by atoms with E-state index in [1.54, 1.807) is 6.20 Å². The van der Waals surface area contributed by atoms with Crippen molar-refractivity contribution in [3.63, 3.8) is 0 Å². The first-order chi connectivity index (χ1) is 12.8. The van der Waals surface area contributed by atoms with Crippen molar-refractivity contribution in [1.29, 1.82) is 0 Å².